The zero-order valence-corrected chi connectivity index (χ0v) is 22.4. The van der Waals surface area contributed by atoms with E-state index in [4.69, 9.17) is 34.3 Å². The molecule has 13 nitrogen and oxygen atoms in total. The molecule has 3 rings (SSSR count). The predicted octanol–water partition coefficient (Wildman–Crippen LogP) is -1.87. The van der Waals surface area contributed by atoms with Crippen molar-refractivity contribution in [3.8, 4) is 6.07 Å². The molecule has 36 heavy (non-hydrogen) atoms. The first-order chi connectivity index (χ1) is 17.3. The Balaban J connectivity index is 1.61. The Bertz CT molecular complexity index is 1160. The van der Waals surface area contributed by atoms with Crippen molar-refractivity contribution in [2.75, 3.05) is 30.7 Å². The van der Waals surface area contributed by atoms with Crippen LogP contribution in [0, 0.1) is 11.3 Å². The molecular weight excluding hydrogens is 608 g/mol. The van der Waals surface area contributed by atoms with Crippen LogP contribution in [-0.2, 0) is 39.0 Å². The quantitative estimate of drug-likeness (QED) is 0.0827. The molecule has 196 valence electrons. The van der Waals surface area contributed by atoms with E-state index in [0.29, 0.717) is 0 Å². The van der Waals surface area contributed by atoms with Crippen molar-refractivity contribution in [3.05, 3.63) is 58.6 Å². The number of rotatable bonds is 13. The number of nitrogens with one attached hydrogen (secondary N) is 1. The summed E-state index contributed by atoms with van der Waals surface area (Å²) in [5.41, 5.74) is 5.75. The number of nitrogen functional groups attached to an aromatic ring is 1. The maximum atomic E-state index is 13.4. The summed E-state index contributed by atoms with van der Waals surface area (Å²) < 4.78 is 41.2. The third-order valence-electron chi connectivity index (χ3n) is 4.76. The summed E-state index contributed by atoms with van der Waals surface area (Å²) in [5, 5.41) is 11.5. The third kappa shape index (κ3) is 8.34. The molecule has 1 saturated heterocycles. The van der Waals surface area contributed by atoms with Gasteiger partial charge in [0.25, 0.3) is 0 Å². The van der Waals surface area contributed by atoms with Gasteiger partial charge in [0.15, 0.2) is 0 Å². The number of benzene rings is 1. The van der Waals surface area contributed by atoms with Crippen LogP contribution in [0.5, 0.6) is 0 Å². The van der Waals surface area contributed by atoms with E-state index < -0.39 is 57.2 Å². The molecule has 0 aliphatic carbocycles. The van der Waals surface area contributed by atoms with Crippen LogP contribution in [0.2, 0.25) is 0 Å². The Labute approximate surface area is 217 Å². The average Bonchev–Trinajstić information content (AvgIpc) is 3.32. The second-order valence-corrected chi connectivity index (χ2v) is 11.6. The molecule has 4 unspecified atom stereocenters. The number of nitriles is 1. The van der Waals surface area contributed by atoms with Crippen LogP contribution >= 0.6 is 7.75 Å². The van der Waals surface area contributed by atoms with Gasteiger partial charge in [-0.15, -0.1) is 0 Å². The number of aromatic nitrogens is 2. The maximum absolute atomic E-state index is 13.4. The molecule has 3 N–H and O–H groups in total. The predicted molar refractivity (Wildman–Crippen MR) is 122 cm³/mol. The van der Waals surface area contributed by atoms with Gasteiger partial charge in [-0.3, -0.25) is 0 Å². The molecule has 0 bridgehead atoms. The summed E-state index contributed by atoms with van der Waals surface area (Å²) in [7, 11) is -2.79. The molecule has 1 aliphatic heterocycles. The van der Waals surface area contributed by atoms with E-state index in [2.05, 4.69) is 10.1 Å². The normalized spacial score (nSPS) is 19.9. The number of anilines is 1. The fraction of sp³-hybridized carbons (Fsp3) is 0.429. The minimum atomic E-state index is -4.02. The number of nitrogens with two attached hydrogens (primary N) is 1. The van der Waals surface area contributed by atoms with Crippen molar-refractivity contribution in [3.63, 3.8) is 0 Å². The van der Waals surface area contributed by atoms with Gasteiger partial charge >= 0.3 is 218 Å². The Morgan fingerprint density at radius 1 is 1.39 bits per heavy atom. The van der Waals surface area contributed by atoms with E-state index in [0.717, 1.165) is 5.56 Å². The molecule has 1 aliphatic rings. The number of carbonyl (C=O) groups excluding carboxylic acids is 1. The van der Waals surface area contributed by atoms with E-state index >= 15 is 0 Å². The molecule has 2 aromatic rings. The first-order valence-electron chi connectivity index (χ1n) is 10.7. The summed E-state index contributed by atoms with van der Waals surface area (Å²) in [6, 6.07) is 11.5. The van der Waals surface area contributed by atoms with Crippen molar-refractivity contribution in [2.24, 2.45) is 0 Å². The first kappa shape index (κ1) is 28.2. The number of carbonyl (C=O) groups is 1. The van der Waals surface area contributed by atoms with Gasteiger partial charge in [0.05, 0.1) is 0 Å². The second-order valence-electron chi connectivity index (χ2n) is 7.27. The summed E-state index contributed by atoms with van der Waals surface area (Å²) >= 11 is -0.995. The molecule has 15 heteroatoms. The van der Waals surface area contributed by atoms with Gasteiger partial charge in [-0.2, -0.15) is 0 Å². The molecular formula is C21H26IN5O8P-. The van der Waals surface area contributed by atoms with Crippen LogP contribution in [0.3, 0.4) is 0 Å². The summed E-state index contributed by atoms with van der Waals surface area (Å²) in [5.74, 6) is -0.543. The minimum absolute atomic E-state index is 0.0213. The number of ether oxygens (including phenoxy) is 3. The van der Waals surface area contributed by atoms with Gasteiger partial charge in [0.2, 0.25) is 0 Å². The van der Waals surface area contributed by atoms with Gasteiger partial charge in [-0.25, -0.2) is 0 Å². The Kier molecular flexibility index (Phi) is 10.8. The fourth-order valence-electron chi connectivity index (χ4n) is 3.06. The van der Waals surface area contributed by atoms with E-state index in [1.807, 2.05) is 36.4 Å². The van der Waals surface area contributed by atoms with Gasteiger partial charge < -0.3 is 0 Å². The van der Waals surface area contributed by atoms with E-state index in [9.17, 15) is 14.2 Å². The number of alkyl halides is 2. The number of methoxy groups -OCH3 is 1. The Morgan fingerprint density at radius 2 is 2.17 bits per heavy atom. The van der Waals surface area contributed by atoms with E-state index in [1.54, 1.807) is 0 Å². The molecule has 0 saturated carbocycles. The van der Waals surface area contributed by atoms with Crippen LogP contribution in [-0.4, -0.2) is 50.8 Å². The molecule has 4 atom stereocenters. The molecule has 1 fully saturated rings. The number of esters is 1. The van der Waals surface area contributed by atoms with E-state index in [1.165, 1.54) is 23.9 Å². The molecule has 0 amide bonds. The topological polar surface area (TPSA) is 177 Å². The number of hydrogen-bond acceptors (Lipinski definition) is 11. The molecule has 0 radical (unpaired) electrons. The molecule has 1 aromatic carbocycles. The zero-order valence-electron chi connectivity index (χ0n) is 19.3. The molecule has 0 spiro atoms. The monoisotopic (exact) mass is 634 g/mol. The SMILES string of the molecule is COC(=O)C(Cc1ccccc1)NP(=O)(OCCC#N)OC[I-]C1OCC(n2ccc(N)nc2=O)O1. The van der Waals surface area contributed by atoms with E-state index in [-0.39, 0.29) is 36.5 Å². The standard InChI is InChI=1S/C21H26IN5O8P/c1-31-19(28)16(12-15-6-3-2-4-7-15)26-36(30,33-11-5-9-23)34-14-22-20-32-13-18(35-20)27-10-8-17(24)25-21(27)29/h2-4,6-8,10,16,18,20H,5,11-14H2,1H3,(H,26,30)(H2,24,25,29)/q-1. The van der Waals surface area contributed by atoms with Gasteiger partial charge in [0.1, 0.15) is 0 Å². The zero-order chi connectivity index (χ0) is 26.0. The number of hydrogen-bond donors (Lipinski definition) is 2. The van der Waals surface area contributed by atoms with Gasteiger partial charge in [-0.1, -0.05) is 0 Å². The van der Waals surface area contributed by atoms with Crippen molar-refractivity contribution in [1.29, 1.82) is 5.26 Å². The number of halogens is 1. The summed E-state index contributed by atoms with van der Waals surface area (Å²) in [6.07, 6.45) is 0.948. The van der Waals surface area contributed by atoms with Crippen molar-refractivity contribution < 1.29 is 53.8 Å². The average molecular weight is 634 g/mol. The molecule has 2 heterocycles. The van der Waals surface area contributed by atoms with Crippen LogP contribution in [0.15, 0.2) is 47.4 Å². The van der Waals surface area contributed by atoms with Crippen molar-refractivity contribution >= 4 is 19.5 Å². The van der Waals surface area contributed by atoms with Gasteiger partial charge in [-0.05, 0) is 0 Å². The van der Waals surface area contributed by atoms with Gasteiger partial charge in [0, 0.05) is 0 Å². The van der Waals surface area contributed by atoms with Crippen molar-refractivity contribution in [2.45, 2.75) is 29.4 Å². The van der Waals surface area contributed by atoms with Crippen LogP contribution in [0.4, 0.5) is 5.82 Å². The summed E-state index contributed by atoms with van der Waals surface area (Å²) in [4.78, 5) is 28.1. The van der Waals surface area contributed by atoms with Crippen LogP contribution < -0.4 is 37.7 Å². The third-order valence-corrected chi connectivity index (χ3v) is 8.92. The first-order valence-corrected chi connectivity index (χ1v) is 15.0. The fourth-order valence-corrected chi connectivity index (χ4v) is 7.27. The van der Waals surface area contributed by atoms with Crippen molar-refractivity contribution in [1.82, 2.24) is 14.6 Å². The number of nitrogens with zero attached hydrogens (tertiary/aromatic N) is 3. The Hall–Kier alpha value is -2.38. The summed E-state index contributed by atoms with van der Waals surface area (Å²) in [6.45, 7) is -0.0458. The Morgan fingerprint density at radius 3 is 2.86 bits per heavy atom. The van der Waals surface area contributed by atoms with Crippen LogP contribution in [0.1, 0.15) is 18.2 Å². The second kappa shape index (κ2) is 13.8. The van der Waals surface area contributed by atoms with Crippen LogP contribution in [0.25, 0.3) is 0 Å². The molecule has 1 aromatic heterocycles.